The standard InChI is InChI=1S/C21H22F2N10O4/c1-21(22,23)8-26-16-12-17(32(9-27-12)19-14(35)13(34)15(37-19)18(36)24-2)29-20(28-16)33-7-11(30-31-33)10-4-3-5-25-6-10/h3-7,9,13-15,19,34-35H,8H2,1-2H3,(H,24,36)(H,26,28,29)/t13-,14+,15-,19+/m0/s1. The van der Waals surface area contributed by atoms with Crippen LogP contribution in [0.5, 0.6) is 0 Å². The first-order valence-corrected chi connectivity index (χ1v) is 11.1. The Bertz CT molecular complexity index is 1420. The Hall–Kier alpha value is -4.15. The molecule has 1 fully saturated rings. The van der Waals surface area contributed by atoms with Crippen LogP contribution in [0.1, 0.15) is 13.2 Å². The molecule has 4 atom stereocenters. The van der Waals surface area contributed by atoms with Crippen LogP contribution in [0.15, 0.2) is 37.1 Å². The highest BCUT2D eigenvalue weighted by molar-refractivity contribution is 5.84. The third-order valence-corrected chi connectivity index (χ3v) is 5.65. The van der Waals surface area contributed by atoms with Gasteiger partial charge in [-0.25, -0.2) is 13.8 Å². The SMILES string of the molecule is CNC(=O)[C@H]1O[C@@H](n2cnc3c(NCC(C)(F)F)nc(-n4cc(-c5cccnc5)nn4)nc32)[C@H](O)[C@@H]1O. The molecule has 4 aromatic heterocycles. The Morgan fingerprint density at radius 1 is 1.27 bits per heavy atom. The number of alkyl halides is 2. The molecule has 5 rings (SSSR count). The highest BCUT2D eigenvalue weighted by Crippen LogP contribution is 2.33. The van der Waals surface area contributed by atoms with Crippen LogP contribution in [0.2, 0.25) is 0 Å². The third-order valence-electron chi connectivity index (χ3n) is 5.65. The van der Waals surface area contributed by atoms with Gasteiger partial charge < -0.3 is 25.6 Å². The molecule has 1 aliphatic heterocycles. The molecule has 37 heavy (non-hydrogen) atoms. The molecule has 1 saturated heterocycles. The number of nitrogens with zero attached hydrogens (tertiary/aromatic N) is 8. The number of hydrogen-bond donors (Lipinski definition) is 4. The lowest BCUT2D eigenvalue weighted by atomic mass is 10.1. The van der Waals surface area contributed by atoms with Crippen LogP contribution in [0.3, 0.4) is 0 Å². The molecule has 0 spiro atoms. The van der Waals surface area contributed by atoms with Gasteiger partial charge in [0.15, 0.2) is 29.3 Å². The van der Waals surface area contributed by atoms with Gasteiger partial charge in [0.25, 0.3) is 17.8 Å². The second-order valence-corrected chi connectivity index (χ2v) is 8.45. The van der Waals surface area contributed by atoms with E-state index in [1.54, 1.807) is 24.5 Å². The molecule has 0 bridgehead atoms. The summed E-state index contributed by atoms with van der Waals surface area (Å²) in [6.07, 6.45) is 0.326. The first-order chi connectivity index (χ1) is 17.7. The Morgan fingerprint density at radius 2 is 2.08 bits per heavy atom. The number of imidazole rings is 1. The number of carbonyl (C=O) groups is 1. The number of aliphatic hydroxyl groups is 2. The van der Waals surface area contributed by atoms with Crippen molar-refractivity contribution < 1.29 is 28.5 Å². The molecule has 5 heterocycles. The van der Waals surface area contributed by atoms with Crippen molar-refractivity contribution in [1.82, 2.24) is 44.8 Å². The molecule has 4 aromatic rings. The van der Waals surface area contributed by atoms with Crippen LogP contribution in [0, 0.1) is 0 Å². The molecular formula is C21H22F2N10O4. The van der Waals surface area contributed by atoms with E-state index in [-0.39, 0.29) is 22.9 Å². The molecule has 1 amide bonds. The van der Waals surface area contributed by atoms with Crippen molar-refractivity contribution in [2.24, 2.45) is 0 Å². The quantitative estimate of drug-likeness (QED) is 0.258. The van der Waals surface area contributed by atoms with Gasteiger partial charge in [0.1, 0.15) is 17.9 Å². The number of hydrogen-bond acceptors (Lipinski definition) is 11. The van der Waals surface area contributed by atoms with Gasteiger partial charge in [0.2, 0.25) is 0 Å². The summed E-state index contributed by atoms with van der Waals surface area (Å²) in [6.45, 7) is 0.00222. The lowest BCUT2D eigenvalue weighted by Crippen LogP contribution is -2.41. The van der Waals surface area contributed by atoms with Crippen LogP contribution in [-0.4, -0.2) is 93.4 Å². The summed E-state index contributed by atoms with van der Waals surface area (Å²) < 4.78 is 35.4. The van der Waals surface area contributed by atoms with Crippen molar-refractivity contribution in [3.8, 4) is 17.2 Å². The molecule has 194 valence electrons. The largest absolute Gasteiger partial charge is 0.387 e. The van der Waals surface area contributed by atoms with E-state index in [2.05, 4.69) is 40.9 Å². The summed E-state index contributed by atoms with van der Waals surface area (Å²) in [7, 11) is 1.36. The fourth-order valence-corrected chi connectivity index (χ4v) is 3.81. The van der Waals surface area contributed by atoms with Gasteiger partial charge in [-0.15, -0.1) is 5.10 Å². The van der Waals surface area contributed by atoms with E-state index in [1.807, 2.05) is 0 Å². The van der Waals surface area contributed by atoms with Gasteiger partial charge in [-0.3, -0.25) is 14.3 Å². The third kappa shape index (κ3) is 4.68. The van der Waals surface area contributed by atoms with Gasteiger partial charge in [-0.1, -0.05) is 5.21 Å². The predicted octanol–water partition coefficient (Wildman–Crippen LogP) is -0.0987. The molecule has 14 nitrogen and oxygen atoms in total. The minimum Gasteiger partial charge on any atom is -0.387 e. The van der Waals surface area contributed by atoms with Crippen molar-refractivity contribution in [3.05, 3.63) is 37.1 Å². The number of aliphatic hydroxyl groups excluding tert-OH is 2. The molecule has 0 saturated carbocycles. The van der Waals surface area contributed by atoms with Crippen molar-refractivity contribution in [3.63, 3.8) is 0 Å². The number of nitrogens with one attached hydrogen (secondary N) is 2. The lowest BCUT2D eigenvalue weighted by molar-refractivity contribution is -0.137. The van der Waals surface area contributed by atoms with Crippen molar-refractivity contribution in [2.75, 3.05) is 18.9 Å². The molecule has 0 radical (unpaired) electrons. The average molecular weight is 516 g/mol. The van der Waals surface area contributed by atoms with Gasteiger partial charge in [-0.2, -0.15) is 14.6 Å². The number of amides is 1. The minimum absolute atomic E-state index is 0.0328. The van der Waals surface area contributed by atoms with E-state index in [4.69, 9.17) is 4.74 Å². The van der Waals surface area contributed by atoms with Gasteiger partial charge in [0.05, 0.1) is 19.1 Å². The molecule has 1 aliphatic rings. The number of rotatable bonds is 7. The van der Waals surface area contributed by atoms with E-state index in [1.165, 1.54) is 28.8 Å². The van der Waals surface area contributed by atoms with Crippen molar-refractivity contribution >= 4 is 22.9 Å². The minimum atomic E-state index is -3.06. The summed E-state index contributed by atoms with van der Waals surface area (Å²) in [5.41, 5.74) is 1.31. The van der Waals surface area contributed by atoms with Gasteiger partial charge in [-0.05, 0) is 12.1 Å². The number of fused-ring (bicyclic) bond motifs is 1. The maximum atomic E-state index is 13.6. The number of carbonyl (C=O) groups excluding carboxylic acids is 1. The lowest BCUT2D eigenvalue weighted by Gasteiger charge is -2.17. The average Bonchev–Trinajstić information content (AvgIpc) is 3.61. The first kappa shape index (κ1) is 24.5. The van der Waals surface area contributed by atoms with E-state index in [9.17, 15) is 23.8 Å². The number of likely N-dealkylation sites (N-methyl/N-ethyl adjacent to an activating group) is 1. The zero-order chi connectivity index (χ0) is 26.3. The predicted molar refractivity (Wildman–Crippen MR) is 123 cm³/mol. The molecule has 0 aliphatic carbocycles. The Morgan fingerprint density at radius 3 is 2.78 bits per heavy atom. The maximum Gasteiger partial charge on any atom is 0.262 e. The zero-order valence-corrected chi connectivity index (χ0v) is 19.5. The number of aromatic nitrogens is 8. The van der Waals surface area contributed by atoms with Crippen LogP contribution in [0.4, 0.5) is 14.6 Å². The van der Waals surface area contributed by atoms with E-state index in [0.717, 1.165) is 6.92 Å². The summed E-state index contributed by atoms with van der Waals surface area (Å²) in [5.74, 6) is -3.77. The maximum absolute atomic E-state index is 13.6. The molecule has 16 heteroatoms. The van der Waals surface area contributed by atoms with Gasteiger partial charge in [0, 0.05) is 31.9 Å². The monoisotopic (exact) mass is 516 g/mol. The molecule has 0 aromatic carbocycles. The Kier molecular flexibility index (Phi) is 6.22. The van der Waals surface area contributed by atoms with Crippen LogP contribution in [-0.2, 0) is 9.53 Å². The zero-order valence-electron chi connectivity index (χ0n) is 19.5. The van der Waals surface area contributed by atoms with Crippen LogP contribution < -0.4 is 10.6 Å². The van der Waals surface area contributed by atoms with Crippen LogP contribution >= 0.6 is 0 Å². The second kappa shape index (κ2) is 9.38. The van der Waals surface area contributed by atoms with Crippen LogP contribution in [0.25, 0.3) is 28.4 Å². The fraction of sp³-hybridized carbons (Fsp3) is 0.381. The number of pyridine rings is 1. The highest BCUT2D eigenvalue weighted by Gasteiger charge is 2.47. The first-order valence-electron chi connectivity index (χ1n) is 11.1. The number of anilines is 1. The number of halogens is 2. The normalized spacial score (nSPS) is 21.9. The summed E-state index contributed by atoms with van der Waals surface area (Å²) in [6, 6.07) is 3.51. The van der Waals surface area contributed by atoms with E-state index in [0.29, 0.717) is 11.3 Å². The number of ether oxygens (including phenoxy) is 1. The Labute approximate surface area is 207 Å². The van der Waals surface area contributed by atoms with E-state index >= 15 is 0 Å². The summed E-state index contributed by atoms with van der Waals surface area (Å²) in [4.78, 5) is 29.1. The van der Waals surface area contributed by atoms with Crippen molar-refractivity contribution in [2.45, 2.75) is 37.4 Å². The topological polar surface area (TPSA) is 178 Å². The molecule has 4 N–H and O–H groups in total. The highest BCUT2D eigenvalue weighted by atomic mass is 19.3. The molecular weight excluding hydrogens is 494 g/mol. The van der Waals surface area contributed by atoms with Crippen molar-refractivity contribution in [1.29, 1.82) is 0 Å². The Balaban J connectivity index is 1.58. The molecule has 0 unspecified atom stereocenters. The smallest absolute Gasteiger partial charge is 0.262 e. The van der Waals surface area contributed by atoms with Gasteiger partial charge >= 0.3 is 0 Å². The second-order valence-electron chi connectivity index (χ2n) is 8.45. The van der Waals surface area contributed by atoms with E-state index < -0.39 is 42.9 Å². The fourth-order valence-electron chi connectivity index (χ4n) is 3.81. The summed E-state index contributed by atoms with van der Waals surface area (Å²) in [5, 5.41) is 34.0. The summed E-state index contributed by atoms with van der Waals surface area (Å²) >= 11 is 0.